The lowest BCUT2D eigenvalue weighted by Crippen LogP contribution is -2.67. The highest BCUT2D eigenvalue weighted by atomic mass is 19.4. The molecule has 1 aromatic rings. The number of piperidine rings is 1. The molecule has 1 spiro atoms. The predicted octanol–water partition coefficient (Wildman–Crippen LogP) is 4.05. The van der Waals surface area contributed by atoms with Crippen molar-refractivity contribution in [2.75, 3.05) is 14.2 Å². The van der Waals surface area contributed by atoms with Gasteiger partial charge in [-0.25, -0.2) is 0 Å². The third-order valence-corrected chi connectivity index (χ3v) is 7.72. The largest absolute Gasteiger partial charge is 0.497 e. The molecule has 3 N–H and O–H groups in total. The molecular weight excluding hydrogens is 381 g/mol. The Kier molecular flexibility index (Phi) is 5.37. The van der Waals surface area contributed by atoms with Crippen LogP contribution in [0, 0.1) is 5.41 Å². The molecule has 2 fully saturated rings. The minimum absolute atomic E-state index is 0.111. The summed E-state index contributed by atoms with van der Waals surface area (Å²) in [6.45, 7) is 0. The van der Waals surface area contributed by atoms with Crippen LogP contribution >= 0.6 is 0 Å². The highest BCUT2D eigenvalue weighted by molar-refractivity contribution is 5.48. The molecule has 2 aliphatic carbocycles. The van der Waals surface area contributed by atoms with Gasteiger partial charge in [0.15, 0.2) is 0 Å². The fraction of sp³-hybridized carbons (Fsp3) is 0.727. The average molecular weight is 412 g/mol. The summed E-state index contributed by atoms with van der Waals surface area (Å²) >= 11 is 0. The van der Waals surface area contributed by atoms with Crippen molar-refractivity contribution in [2.24, 2.45) is 11.1 Å². The summed E-state index contributed by atoms with van der Waals surface area (Å²) in [4.78, 5) is 0. The standard InChI is InChI=1S/C22H31F3N2O2/c1-28-15-8-10-20(11-9-15)13-14-6-7-16(29-2)12-17(14)21(20,26)18-4-3-5-19(27-18)22(23,24)25/h6-7,12,15,18-19,27H,3-5,8-11,13,26H2,1-2H3. The summed E-state index contributed by atoms with van der Waals surface area (Å²) in [6.07, 6.45) is 1.50. The van der Waals surface area contributed by atoms with Crippen molar-refractivity contribution in [3.63, 3.8) is 0 Å². The first-order chi connectivity index (χ1) is 13.7. The van der Waals surface area contributed by atoms with Gasteiger partial charge >= 0.3 is 6.18 Å². The third kappa shape index (κ3) is 3.35. The Bertz CT molecular complexity index is 746. The molecule has 1 aliphatic heterocycles. The molecule has 3 unspecified atom stereocenters. The Morgan fingerprint density at radius 2 is 1.83 bits per heavy atom. The number of fused-ring (bicyclic) bond motifs is 1. The van der Waals surface area contributed by atoms with E-state index in [4.69, 9.17) is 15.2 Å². The van der Waals surface area contributed by atoms with E-state index in [1.54, 1.807) is 14.2 Å². The van der Waals surface area contributed by atoms with Gasteiger partial charge < -0.3 is 20.5 Å². The molecule has 4 nitrogen and oxygen atoms in total. The van der Waals surface area contributed by atoms with Gasteiger partial charge in [0.05, 0.1) is 18.8 Å². The first-order valence-corrected chi connectivity index (χ1v) is 10.6. The number of nitrogens with one attached hydrogen (secondary N) is 1. The molecule has 3 atom stereocenters. The van der Waals surface area contributed by atoms with Gasteiger partial charge in [-0.1, -0.05) is 6.07 Å². The number of ether oxygens (including phenoxy) is 2. The molecule has 1 heterocycles. The monoisotopic (exact) mass is 412 g/mol. The molecule has 1 saturated carbocycles. The maximum Gasteiger partial charge on any atom is 0.403 e. The summed E-state index contributed by atoms with van der Waals surface area (Å²) in [5.41, 5.74) is 8.21. The lowest BCUT2D eigenvalue weighted by atomic mass is 9.58. The summed E-state index contributed by atoms with van der Waals surface area (Å²) in [5.74, 6) is 0.699. The molecule has 1 saturated heterocycles. The molecule has 0 aromatic heterocycles. The number of methoxy groups -OCH3 is 2. The molecule has 4 rings (SSSR count). The van der Waals surface area contributed by atoms with E-state index in [0.717, 1.165) is 43.2 Å². The number of hydrogen-bond donors (Lipinski definition) is 2. The number of nitrogens with two attached hydrogens (primary N) is 1. The van der Waals surface area contributed by atoms with Crippen LogP contribution in [0.4, 0.5) is 13.2 Å². The zero-order valence-corrected chi connectivity index (χ0v) is 17.1. The molecule has 3 aliphatic rings. The van der Waals surface area contributed by atoms with E-state index in [-0.39, 0.29) is 17.9 Å². The van der Waals surface area contributed by atoms with Crippen LogP contribution in [0.15, 0.2) is 18.2 Å². The van der Waals surface area contributed by atoms with Crippen molar-refractivity contribution < 1.29 is 22.6 Å². The normalized spacial score (nSPS) is 37.5. The number of benzene rings is 1. The van der Waals surface area contributed by atoms with Gasteiger partial charge in [0.25, 0.3) is 0 Å². The maximum atomic E-state index is 13.5. The van der Waals surface area contributed by atoms with Crippen LogP contribution in [0.3, 0.4) is 0 Å². The molecule has 7 heteroatoms. The van der Waals surface area contributed by atoms with Gasteiger partial charge in [0.2, 0.25) is 0 Å². The minimum Gasteiger partial charge on any atom is -0.497 e. The van der Waals surface area contributed by atoms with Crippen LogP contribution in [-0.2, 0) is 16.7 Å². The molecule has 0 amide bonds. The van der Waals surface area contributed by atoms with E-state index in [0.29, 0.717) is 18.6 Å². The van der Waals surface area contributed by atoms with Crippen molar-refractivity contribution >= 4 is 0 Å². The van der Waals surface area contributed by atoms with Gasteiger partial charge in [0.1, 0.15) is 11.8 Å². The van der Waals surface area contributed by atoms with E-state index in [1.165, 1.54) is 0 Å². The second-order valence-corrected chi connectivity index (χ2v) is 9.03. The second-order valence-electron chi connectivity index (χ2n) is 9.03. The van der Waals surface area contributed by atoms with Crippen molar-refractivity contribution in [1.82, 2.24) is 5.32 Å². The van der Waals surface area contributed by atoms with Crippen LogP contribution < -0.4 is 15.8 Å². The van der Waals surface area contributed by atoms with Crippen LogP contribution in [0.25, 0.3) is 0 Å². The van der Waals surface area contributed by atoms with E-state index >= 15 is 0 Å². The molecule has 1 aromatic carbocycles. The first-order valence-electron chi connectivity index (χ1n) is 10.6. The topological polar surface area (TPSA) is 56.5 Å². The van der Waals surface area contributed by atoms with Crippen molar-refractivity contribution in [3.05, 3.63) is 29.3 Å². The molecule has 162 valence electrons. The molecule has 0 bridgehead atoms. The first kappa shape index (κ1) is 20.9. The van der Waals surface area contributed by atoms with Gasteiger partial charge in [-0.15, -0.1) is 0 Å². The van der Waals surface area contributed by atoms with Gasteiger partial charge in [-0.05, 0) is 80.0 Å². The Balaban J connectivity index is 1.75. The van der Waals surface area contributed by atoms with Crippen LogP contribution in [-0.4, -0.2) is 38.6 Å². The number of alkyl halides is 3. The van der Waals surface area contributed by atoms with Gasteiger partial charge in [0, 0.05) is 13.2 Å². The average Bonchev–Trinajstić information content (AvgIpc) is 2.96. The molecular formula is C22H31F3N2O2. The summed E-state index contributed by atoms with van der Waals surface area (Å²) in [5, 5.41) is 2.93. The maximum absolute atomic E-state index is 13.5. The number of hydrogen-bond acceptors (Lipinski definition) is 4. The van der Waals surface area contributed by atoms with E-state index in [2.05, 4.69) is 5.32 Å². The Hall–Kier alpha value is -1.31. The quantitative estimate of drug-likeness (QED) is 0.786. The fourth-order valence-electron chi connectivity index (χ4n) is 6.10. The van der Waals surface area contributed by atoms with Crippen LogP contribution in [0.1, 0.15) is 56.1 Å². The number of rotatable bonds is 3. The second kappa shape index (κ2) is 7.43. The summed E-state index contributed by atoms with van der Waals surface area (Å²) < 4.78 is 51.6. The Morgan fingerprint density at radius 1 is 1.10 bits per heavy atom. The van der Waals surface area contributed by atoms with E-state index < -0.39 is 23.8 Å². The summed E-state index contributed by atoms with van der Waals surface area (Å²) in [6, 6.07) is 3.99. The minimum atomic E-state index is -4.26. The van der Waals surface area contributed by atoms with Gasteiger partial charge in [-0.3, -0.25) is 0 Å². The highest BCUT2D eigenvalue weighted by Gasteiger charge is 2.61. The lowest BCUT2D eigenvalue weighted by Gasteiger charge is -2.53. The number of halogens is 3. The van der Waals surface area contributed by atoms with Crippen molar-refractivity contribution in [3.8, 4) is 5.75 Å². The van der Waals surface area contributed by atoms with Gasteiger partial charge in [-0.2, -0.15) is 13.2 Å². The fourth-order valence-corrected chi connectivity index (χ4v) is 6.10. The Morgan fingerprint density at radius 3 is 2.45 bits per heavy atom. The third-order valence-electron chi connectivity index (χ3n) is 7.72. The molecule has 0 radical (unpaired) electrons. The SMILES string of the molecule is COc1ccc2c(c1)C(N)(C1CCCC(C(F)(F)F)N1)C1(CCC(OC)CC1)C2. The van der Waals surface area contributed by atoms with E-state index in [1.807, 2.05) is 18.2 Å². The van der Waals surface area contributed by atoms with E-state index in [9.17, 15) is 13.2 Å². The smallest absolute Gasteiger partial charge is 0.403 e. The highest BCUT2D eigenvalue weighted by Crippen LogP contribution is 2.59. The van der Waals surface area contributed by atoms with Crippen molar-refractivity contribution in [2.45, 2.75) is 81.3 Å². The Labute approximate surface area is 170 Å². The zero-order chi connectivity index (χ0) is 20.9. The van der Waals surface area contributed by atoms with Crippen LogP contribution in [0.2, 0.25) is 0 Å². The predicted molar refractivity (Wildman–Crippen MR) is 105 cm³/mol. The van der Waals surface area contributed by atoms with Crippen LogP contribution in [0.5, 0.6) is 5.75 Å². The summed E-state index contributed by atoms with van der Waals surface area (Å²) in [7, 11) is 3.33. The zero-order valence-electron chi connectivity index (χ0n) is 17.1. The van der Waals surface area contributed by atoms with Crippen molar-refractivity contribution in [1.29, 1.82) is 0 Å². The molecule has 29 heavy (non-hydrogen) atoms. The lowest BCUT2D eigenvalue weighted by molar-refractivity contribution is -0.167.